The van der Waals surface area contributed by atoms with Crippen LogP contribution in [-0.4, -0.2) is 4.98 Å². The lowest BCUT2D eigenvalue weighted by molar-refractivity contribution is -0.844. The van der Waals surface area contributed by atoms with Crippen molar-refractivity contribution in [2.24, 2.45) is 7.05 Å². The maximum Gasteiger partial charge on any atom is 0.426 e. The fourth-order valence-electron chi connectivity index (χ4n) is 1.97. The van der Waals surface area contributed by atoms with Crippen LogP contribution in [0.5, 0.6) is 0 Å². The average molecular weight is 311 g/mol. The Bertz CT molecular complexity index is 762. The molecule has 0 saturated heterocycles. The van der Waals surface area contributed by atoms with Gasteiger partial charge in [0.1, 0.15) is 16.8 Å². The van der Waals surface area contributed by atoms with Gasteiger partial charge in [-0.15, -0.1) is 11.3 Å². The van der Waals surface area contributed by atoms with Gasteiger partial charge in [-0.2, -0.15) is 13.2 Å². The summed E-state index contributed by atoms with van der Waals surface area (Å²) in [5, 5.41) is 0. The monoisotopic (exact) mass is 311 g/mol. The third-order valence-corrected chi connectivity index (χ3v) is 4.02. The number of thiophene rings is 1. The van der Waals surface area contributed by atoms with Crippen molar-refractivity contribution >= 4 is 11.3 Å². The van der Waals surface area contributed by atoms with E-state index < -0.39 is 11.1 Å². The second-order valence-electron chi connectivity index (χ2n) is 4.40. The lowest BCUT2D eigenvalue weighted by Crippen LogP contribution is -2.22. The zero-order chi connectivity index (χ0) is 15.0. The summed E-state index contributed by atoms with van der Waals surface area (Å²) in [4.78, 5) is 3.66. The van der Waals surface area contributed by atoms with Crippen molar-refractivity contribution < 1.29 is 22.4 Å². The molecule has 1 aromatic carbocycles. The molecule has 0 atom stereocenters. The summed E-state index contributed by atoms with van der Waals surface area (Å²) in [5.74, 6) is 0.176. The number of halogens is 3. The minimum atomic E-state index is -4.41. The van der Waals surface area contributed by atoms with Crippen LogP contribution in [0.25, 0.3) is 21.9 Å². The second-order valence-corrected chi connectivity index (χ2v) is 5.46. The molecule has 108 valence electrons. The molecule has 0 N–H and O–H groups in total. The summed E-state index contributed by atoms with van der Waals surface area (Å²) in [5.41, 5.74) is 0.659. The molecule has 0 radical (unpaired) electrons. The predicted octanol–water partition coefficient (Wildman–Crippen LogP) is 3.91. The molecule has 0 amide bonds. The number of aromatic nitrogens is 2. The van der Waals surface area contributed by atoms with Crippen LogP contribution in [0.4, 0.5) is 13.2 Å². The Balaban J connectivity index is 2.17. The molecule has 0 saturated carbocycles. The number of hydrogen-bond acceptors (Lipinski definition) is 3. The van der Waals surface area contributed by atoms with Crippen molar-refractivity contribution in [2.75, 3.05) is 0 Å². The van der Waals surface area contributed by atoms with E-state index in [2.05, 4.69) is 4.98 Å². The van der Waals surface area contributed by atoms with Crippen LogP contribution < -0.4 is 4.74 Å². The van der Waals surface area contributed by atoms with Crippen LogP contribution in [-0.2, 0) is 13.2 Å². The first-order chi connectivity index (χ1) is 9.95. The van der Waals surface area contributed by atoms with Crippen LogP contribution in [0.3, 0.4) is 0 Å². The Labute approximate surface area is 122 Å². The van der Waals surface area contributed by atoms with Crippen molar-refractivity contribution in [3.63, 3.8) is 0 Å². The van der Waals surface area contributed by atoms with Gasteiger partial charge in [0.05, 0.1) is 0 Å². The predicted molar refractivity (Wildman–Crippen MR) is 71.4 cm³/mol. The first kappa shape index (κ1) is 13.8. The summed E-state index contributed by atoms with van der Waals surface area (Å²) < 4.78 is 46.2. The van der Waals surface area contributed by atoms with Gasteiger partial charge in [0.2, 0.25) is 0 Å². The molecule has 0 aliphatic carbocycles. The standard InChI is InChI=1S/C14H10F3N2OS/c1-19-8-18-13(20-19)11-7-10(9-5-3-2-4-6-9)12(21-11)14(15,16)17/h2-8H,1H3/q+1. The van der Waals surface area contributed by atoms with Gasteiger partial charge < -0.3 is 0 Å². The van der Waals surface area contributed by atoms with Crippen LogP contribution in [0.2, 0.25) is 0 Å². The Kier molecular flexibility index (Phi) is 3.29. The van der Waals surface area contributed by atoms with Gasteiger partial charge in [-0.3, -0.25) is 4.52 Å². The Morgan fingerprint density at radius 3 is 2.48 bits per heavy atom. The minimum Gasteiger partial charge on any atom is -0.252 e. The first-order valence-corrected chi connectivity index (χ1v) is 6.85. The van der Waals surface area contributed by atoms with Crippen LogP contribution in [0, 0.1) is 0 Å². The molecule has 2 aromatic heterocycles. The van der Waals surface area contributed by atoms with E-state index in [9.17, 15) is 13.2 Å². The zero-order valence-corrected chi connectivity index (χ0v) is 11.7. The van der Waals surface area contributed by atoms with Gasteiger partial charge >= 0.3 is 18.4 Å². The van der Waals surface area contributed by atoms with E-state index in [-0.39, 0.29) is 11.5 Å². The van der Waals surface area contributed by atoms with Gasteiger partial charge in [0.25, 0.3) is 0 Å². The van der Waals surface area contributed by atoms with Crippen LogP contribution >= 0.6 is 11.3 Å². The summed E-state index contributed by atoms with van der Waals surface area (Å²) in [6.45, 7) is 0. The van der Waals surface area contributed by atoms with E-state index >= 15 is 0 Å². The lowest BCUT2D eigenvalue weighted by atomic mass is 10.1. The summed E-state index contributed by atoms with van der Waals surface area (Å²) in [6, 6.07) is 9.94. The molecular formula is C14H10F3N2OS+. The third-order valence-electron chi connectivity index (χ3n) is 2.85. The SMILES string of the molecule is C[n+]1cnc(-c2cc(-c3ccccc3)c(C(F)(F)F)s2)o1. The summed E-state index contributed by atoms with van der Waals surface area (Å²) >= 11 is 0.633. The zero-order valence-electron chi connectivity index (χ0n) is 10.9. The molecule has 3 nitrogen and oxygen atoms in total. The van der Waals surface area contributed by atoms with Crippen LogP contribution in [0.1, 0.15) is 4.88 Å². The Morgan fingerprint density at radius 1 is 1.19 bits per heavy atom. The molecule has 0 aliphatic heterocycles. The molecule has 0 fully saturated rings. The van der Waals surface area contributed by atoms with Gasteiger partial charge in [-0.25, -0.2) is 0 Å². The number of benzene rings is 1. The van der Waals surface area contributed by atoms with Gasteiger partial charge in [0.15, 0.2) is 0 Å². The van der Waals surface area contributed by atoms with Crippen molar-refractivity contribution in [2.45, 2.75) is 6.18 Å². The van der Waals surface area contributed by atoms with Crippen molar-refractivity contribution in [3.05, 3.63) is 47.6 Å². The number of aryl methyl sites for hydroxylation is 1. The van der Waals surface area contributed by atoms with Gasteiger partial charge in [-0.1, -0.05) is 35.1 Å². The quantitative estimate of drug-likeness (QED) is 0.672. The molecular weight excluding hydrogens is 301 g/mol. The highest BCUT2D eigenvalue weighted by Crippen LogP contribution is 2.45. The van der Waals surface area contributed by atoms with Gasteiger partial charge in [0, 0.05) is 5.56 Å². The summed E-state index contributed by atoms with van der Waals surface area (Å²) in [6.07, 6.45) is -3.01. The average Bonchev–Trinajstić information content (AvgIpc) is 3.05. The van der Waals surface area contributed by atoms with E-state index in [0.717, 1.165) is 0 Å². The minimum absolute atomic E-state index is 0.143. The first-order valence-electron chi connectivity index (χ1n) is 6.04. The van der Waals surface area contributed by atoms with Crippen molar-refractivity contribution in [1.82, 2.24) is 4.98 Å². The van der Waals surface area contributed by atoms with E-state index in [1.165, 1.54) is 17.1 Å². The van der Waals surface area contributed by atoms with E-state index in [1.54, 1.807) is 37.4 Å². The second kappa shape index (κ2) is 5.00. The topological polar surface area (TPSA) is 29.9 Å². The van der Waals surface area contributed by atoms with Crippen molar-refractivity contribution in [1.29, 1.82) is 0 Å². The fraction of sp³-hybridized carbons (Fsp3) is 0.143. The number of rotatable bonds is 2. The molecule has 7 heteroatoms. The summed E-state index contributed by atoms with van der Waals surface area (Å²) in [7, 11) is 1.62. The Hall–Kier alpha value is -2.15. The van der Waals surface area contributed by atoms with E-state index in [4.69, 9.17) is 4.52 Å². The highest BCUT2D eigenvalue weighted by molar-refractivity contribution is 7.16. The molecule has 0 unspecified atom stereocenters. The molecule has 2 heterocycles. The molecule has 3 rings (SSSR count). The molecule has 21 heavy (non-hydrogen) atoms. The lowest BCUT2D eigenvalue weighted by Gasteiger charge is -2.07. The largest absolute Gasteiger partial charge is 0.426 e. The highest BCUT2D eigenvalue weighted by atomic mass is 32.1. The molecule has 0 spiro atoms. The smallest absolute Gasteiger partial charge is 0.252 e. The third kappa shape index (κ3) is 2.69. The van der Waals surface area contributed by atoms with E-state index in [0.29, 0.717) is 21.8 Å². The maximum absolute atomic E-state index is 13.2. The maximum atomic E-state index is 13.2. The number of nitrogens with zero attached hydrogens (tertiary/aromatic N) is 2. The normalized spacial score (nSPS) is 11.8. The highest BCUT2D eigenvalue weighted by Gasteiger charge is 2.37. The van der Waals surface area contributed by atoms with Gasteiger partial charge in [-0.05, 0) is 16.6 Å². The van der Waals surface area contributed by atoms with E-state index in [1.807, 2.05) is 0 Å². The fourth-order valence-corrected chi connectivity index (χ4v) is 2.94. The van der Waals surface area contributed by atoms with Crippen molar-refractivity contribution in [3.8, 4) is 21.9 Å². The Morgan fingerprint density at radius 2 is 1.90 bits per heavy atom. The molecule has 0 bridgehead atoms. The number of hydrogen-bond donors (Lipinski definition) is 0. The molecule has 0 aliphatic rings. The molecule has 3 aromatic rings. The van der Waals surface area contributed by atoms with Crippen LogP contribution in [0.15, 0.2) is 47.2 Å². The number of alkyl halides is 3.